The van der Waals surface area contributed by atoms with Gasteiger partial charge in [0, 0.05) is 5.41 Å². The highest BCUT2D eigenvalue weighted by Crippen LogP contribution is 2.63. The first-order valence-electron chi connectivity index (χ1n) is 6.83. The van der Waals surface area contributed by atoms with E-state index >= 15 is 0 Å². The summed E-state index contributed by atoms with van der Waals surface area (Å²) >= 11 is 0. The molecular weight excluding hydrogens is 228 g/mol. The first-order chi connectivity index (χ1) is 8.32. The van der Waals surface area contributed by atoms with Gasteiger partial charge in [0.1, 0.15) is 11.2 Å². The van der Waals surface area contributed by atoms with Crippen LogP contribution in [-0.2, 0) is 14.3 Å². The third kappa shape index (κ3) is 1.26. The Hall–Kier alpha value is -0.830. The van der Waals surface area contributed by atoms with E-state index in [1.165, 1.54) is 5.57 Å². The molecule has 1 spiro atoms. The van der Waals surface area contributed by atoms with Gasteiger partial charge in [0.25, 0.3) is 0 Å². The number of hydrogen-bond donors (Lipinski definition) is 0. The molecule has 2 heterocycles. The van der Waals surface area contributed by atoms with E-state index in [-0.39, 0.29) is 11.4 Å². The molecule has 1 saturated carbocycles. The van der Waals surface area contributed by atoms with E-state index in [0.29, 0.717) is 18.9 Å². The van der Waals surface area contributed by atoms with Gasteiger partial charge in [0.15, 0.2) is 0 Å². The average Bonchev–Trinajstić information content (AvgIpc) is 2.64. The van der Waals surface area contributed by atoms with E-state index in [1.807, 2.05) is 6.92 Å². The molecule has 3 aliphatic rings. The molecule has 0 bridgehead atoms. The van der Waals surface area contributed by atoms with Gasteiger partial charge in [-0.1, -0.05) is 19.1 Å². The SMILES string of the molecule is C=C(C)[C@@H]1CC[C@@]2(C)CO[C@]3(C)CC(=O)O[C@]23C1. The summed E-state index contributed by atoms with van der Waals surface area (Å²) in [4.78, 5) is 11.8. The molecule has 3 nitrogen and oxygen atoms in total. The number of carbonyl (C=O) groups excluding carboxylic acids is 1. The summed E-state index contributed by atoms with van der Waals surface area (Å²) in [6.45, 7) is 11.1. The van der Waals surface area contributed by atoms with Crippen LogP contribution in [0.5, 0.6) is 0 Å². The minimum atomic E-state index is -0.438. The van der Waals surface area contributed by atoms with Crippen LogP contribution in [0.1, 0.15) is 46.5 Å². The van der Waals surface area contributed by atoms with E-state index in [0.717, 1.165) is 19.3 Å². The summed E-state index contributed by atoms with van der Waals surface area (Å²) in [6.07, 6.45) is 3.45. The summed E-state index contributed by atoms with van der Waals surface area (Å²) in [5.74, 6) is 0.343. The number of rotatable bonds is 1. The van der Waals surface area contributed by atoms with Crippen LogP contribution in [0.4, 0.5) is 0 Å². The van der Waals surface area contributed by atoms with Crippen molar-refractivity contribution in [2.45, 2.75) is 57.7 Å². The molecular formula is C15H22O3. The molecule has 0 unspecified atom stereocenters. The molecule has 0 radical (unpaired) electrons. The Balaban J connectivity index is 2.04. The number of allylic oxidation sites excluding steroid dienone is 1. The fourth-order valence-corrected chi connectivity index (χ4v) is 4.26. The Kier molecular flexibility index (Phi) is 2.30. The van der Waals surface area contributed by atoms with Crippen LogP contribution >= 0.6 is 0 Å². The van der Waals surface area contributed by atoms with Crippen molar-refractivity contribution in [2.75, 3.05) is 6.61 Å². The molecule has 0 aromatic rings. The van der Waals surface area contributed by atoms with Crippen molar-refractivity contribution in [2.24, 2.45) is 11.3 Å². The lowest BCUT2D eigenvalue weighted by atomic mass is 9.57. The standard InChI is InChI=1S/C15H22O3/c1-10(2)11-5-6-13(3)9-17-14(4)8-12(16)18-15(13,14)7-11/h11H,1,5-9H2,2-4H3/t11-,13+,14-,15-/m1/s1. The van der Waals surface area contributed by atoms with E-state index in [1.54, 1.807) is 0 Å². The second kappa shape index (κ2) is 3.38. The zero-order valence-electron chi connectivity index (χ0n) is 11.5. The van der Waals surface area contributed by atoms with Crippen molar-refractivity contribution >= 4 is 5.97 Å². The quantitative estimate of drug-likeness (QED) is 0.530. The van der Waals surface area contributed by atoms with Crippen molar-refractivity contribution in [1.82, 2.24) is 0 Å². The van der Waals surface area contributed by atoms with Gasteiger partial charge in [-0.3, -0.25) is 4.79 Å². The van der Waals surface area contributed by atoms with Gasteiger partial charge in [-0.05, 0) is 39.0 Å². The van der Waals surface area contributed by atoms with Gasteiger partial charge in [-0.25, -0.2) is 0 Å². The Morgan fingerprint density at radius 2 is 2.17 bits per heavy atom. The highest BCUT2D eigenvalue weighted by Gasteiger charge is 2.73. The molecule has 2 saturated heterocycles. The molecule has 4 atom stereocenters. The number of hydrogen-bond acceptors (Lipinski definition) is 3. The van der Waals surface area contributed by atoms with Crippen molar-refractivity contribution in [3.05, 3.63) is 12.2 Å². The molecule has 3 fully saturated rings. The lowest BCUT2D eigenvalue weighted by molar-refractivity contribution is -0.170. The molecule has 1 aliphatic carbocycles. The molecule has 18 heavy (non-hydrogen) atoms. The maximum Gasteiger partial charge on any atom is 0.309 e. The zero-order valence-corrected chi connectivity index (χ0v) is 11.5. The van der Waals surface area contributed by atoms with Crippen LogP contribution in [0, 0.1) is 11.3 Å². The van der Waals surface area contributed by atoms with Gasteiger partial charge in [0.2, 0.25) is 0 Å². The predicted molar refractivity (Wildman–Crippen MR) is 68.1 cm³/mol. The van der Waals surface area contributed by atoms with Crippen molar-refractivity contribution in [3.8, 4) is 0 Å². The predicted octanol–water partition coefficient (Wildman–Crippen LogP) is 2.84. The van der Waals surface area contributed by atoms with E-state index in [2.05, 4.69) is 20.4 Å². The fraction of sp³-hybridized carbons (Fsp3) is 0.800. The van der Waals surface area contributed by atoms with Gasteiger partial charge in [0.05, 0.1) is 13.0 Å². The Morgan fingerprint density at radius 1 is 1.44 bits per heavy atom. The average molecular weight is 250 g/mol. The lowest BCUT2D eigenvalue weighted by Crippen LogP contribution is -2.57. The molecule has 0 N–H and O–H groups in total. The molecule has 3 rings (SSSR count). The lowest BCUT2D eigenvalue weighted by Gasteiger charge is -2.49. The second-order valence-corrected chi connectivity index (χ2v) is 6.84. The first-order valence-corrected chi connectivity index (χ1v) is 6.83. The van der Waals surface area contributed by atoms with Crippen molar-refractivity contribution in [1.29, 1.82) is 0 Å². The number of carbonyl (C=O) groups is 1. The summed E-state index contributed by atoms with van der Waals surface area (Å²) < 4.78 is 11.9. The van der Waals surface area contributed by atoms with Crippen LogP contribution in [0.25, 0.3) is 0 Å². The maximum atomic E-state index is 11.8. The van der Waals surface area contributed by atoms with E-state index in [4.69, 9.17) is 9.47 Å². The van der Waals surface area contributed by atoms with Crippen LogP contribution in [0.3, 0.4) is 0 Å². The minimum absolute atomic E-state index is 0.0279. The topological polar surface area (TPSA) is 35.5 Å². The van der Waals surface area contributed by atoms with Crippen molar-refractivity contribution in [3.63, 3.8) is 0 Å². The van der Waals surface area contributed by atoms with Crippen LogP contribution in [0.15, 0.2) is 12.2 Å². The van der Waals surface area contributed by atoms with Gasteiger partial charge in [-0.2, -0.15) is 0 Å². The van der Waals surface area contributed by atoms with Crippen LogP contribution in [-0.4, -0.2) is 23.8 Å². The highest BCUT2D eigenvalue weighted by atomic mass is 16.6. The zero-order chi connectivity index (χ0) is 13.2. The summed E-state index contributed by atoms with van der Waals surface area (Å²) in [6, 6.07) is 0. The monoisotopic (exact) mass is 250 g/mol. The van der Waals surface area contributed by atoms with Crippen LogP contribution in [0.2, 0.25) is 0 Å². The smallest absolute Gasteiger partial charge is 0.309 e. The summed E-state index contributed by atoms with van der Waals surface area (Å²) in [5.41, 5.74) is 0.301. The third-order valence-corrected chi connectivity index (χ3v) is 5.58. The van der Waals surface area contributed by atoms with Crippen LogP contribution < -0.4 is 0 Å². The molecule has 100 valence electrons. The summed E-state index contributed by atoms with van der Waals surface area (Å²) in [7, 11) is 0. The Morgan fingerprint density at radius 3 is 2.83 bits per heavy atom. The van der Waals surface area contributed by atoms with Gasteiger partial charge in [-0.15, -0.1) is 0 Å². The summed E-state index contributed by atoms with van der Waals surface area (Å²) in [5, 5.41) is 0. The van der Waals surface area contributed by atoms with Gasteiger partial charge >= 0.3 is 5.97 Å². The molecule has 0 aromatic heterocycles. The fourth-order valence-electron chi connectivity index (χ4n) is 4.26. The molecule has 3 heteroatoms. The maximum absolute atomic E-state index is 11.8. The molecule has 2 aliphatic heterocycles. The van der Waals surface area contributed by atoms with E-state index in [9.17, 15) is 4.79 Å². The molecule has 0 aromatic carbocycles. The minimum Gasteiger partial charge on any atom is -0.455 e. The second-order valence-electron chi connectivity index (χ2n) is 6.84. The third-order valence-electron chi connectivity index (χ3n) is 5.58. The Labute approximate surface area is 109 Å². The number of ether oxygens (including phenoxy) is 2. The van der Waals surface area contributed by atoms with Crippen molar-refractivity contribution < 1.29 is 14.3 Å². The Bertz CT molecular complexity index is 429. The first kappa shape index (κ1) is 12.2. The molecule has 0 amide bonds. The highest BCUT2D eigenvalue weighted by molar-refractivity contribution is 5.75. The van der Waals surface area contributed by atoms with Gasteiger partial charge < -0.3 is 9.47 Å². The number of esters is 1. The van der Waals surface area contributed by atoms with E-state index < -0.39 is 11.2 Å². The largest absolute Gasteiger partial charge is 0.455 e. The normalized spacial score (nSPS) is 50.6.